The molecule has 17 heavy (non-hydrogen) atoms. The van der Waals surface area contributed by atoms with E-state index >= 15 is 0 Å². The summed E-state index contributed by atoms with van der Waals surface area (Å²) < 4.78 is 5.13. The molecule has 3 aromatic rings. The number of para-hydroxylation sites is 1. The van der Waals surface area contributed by atoms with Gasteiger partial charge in [-0.15, -0.1) is 0 Å². The fourth-order valence-electron chi connectivity index (χ4n) is 1.92. The van der Waals surface area contributed by atoms with Crippen LogP contribution in [0.1, 0.15) is 0 Å². The zero-order valence-electron chi connectivity index (χ0n) is 9.47. The summed E-state index contributed by atoms with van der Waals surface area (Å²) in [6, 6.07) is 14.2. The summed E-state index contributed by atoms with van der Waals surface area (Å²) in [5, 5.41) is 1.21. The van der Waals surface area contributed by atoms with E-state index in [1.54, 1.807) is 13.3 Å². The third kappa shape index (κ3) is 1.76. The number of nitrogens with zero attached hydrogens (tertiary/aromatic N) is 1. The van der Waals surface area contributed by atoms with Crippen molar-refractivity contribution in [1.29, 1.82) is 0 Å². The summed E-state index contributed by atoms with van der Waals surface area (Å²) in [7, 11) is 1.62. The number of aromatic amines is 1. The number of H-pyrrole nitrogens is 1. The van der Waals surface area contributed by atoms with Crippen LogP contribution in [0.25, 0.3) is 22.2 Å². The highest BCUT2D eigenvalue weighted by molar-refractivity contribution is 5.85. The van der Waals surface area contributed by atoms with Crippen LogP contribution in [0.15, 0.2) is 48.7 Å². The molecule has 84 valence electrons. The number of methoxy groups -OCH3 is 1. The number of hydrogen-bond acceptors (Lipinski definition) is 2. The molecule has 0 aliphatic carbocycles. The third-order valence-electron chi connectivity index (χ3n) is 2.78. The van der Waals surface area contributed by atoms with Gasteiger partial charge in [0.05, 0.1) is 7.11 Å². The van der Waals surface area contributed by atoms with E-state index in [4.69, 9.17) is 4.74 Å². The van der Waals surface area contributed by atoms with Gasteiger partial charge in [0.15, 0.2) is 0 Å². The van der Waals surface area contributed by atoms with E-state index in [2.05, 4.69) is 28.2 Å². The van der Waals surface area contributed by atoms with Crippen LogP contribution in [0.3, 0.4) is 0 Å². The second-order valence-corrected chi connectivity index (χ2v) is 3.86. The molecule has 3 nitrogen and oxygen atoms in total. The van der Waals surface area contributed by atoms with Gasteiger partial charge in [-0.1, -0.05) is 18.2 Å². The third-order valence-corrected chi connectivity index (χ3v) is 2.78. The maximum absolute atomic E-state index is 5.13. The topological polar surface area (TPSA) is 37.9 Å². The van der Waals surface area contributed by atoms with Crippen molar-refractivity contribution >= 4 is 10.9 Å². The first-order valence-electron chi connectivity index (χ1n) is 5.45. The fraction of sp³-hybridized carbons (Fsp3) is 0.0714. The molecule has 0 aliphatic heterocycles. The molecule has 1 aromatic carbocycles. The van der Waals surface area contributed by atoms with Gasteiger partial charge in [-0.2, -0.15) is 0 Å². The molecule has 0 atom stereocenters. The lowest BCUT2D eigenvalue weighted by molar-refractivity contribution is 0.398. The highest BCUT2D eigenvalue weighted by atomic mass is 16.5. The predicted molar refractivity (Wildman–Crippen MR) is 68.1 cm³/mol. The van der Waals surface area contributed by atoms with E-state index in [1.807, 2.05) is 24.3 Å². The lowest BCUT2D eigenvalue weighted by atomic mass is 10.2. The first kappa shape index (κ1) is 9.90. The highest BCUT2D eigenvalue weighted by Gasteiger charge is 2.04. The summed E-state index contributed by atoms with van der Waals surface area (Å²) in [6.45, 7) is 0. The van der Waals surface area contributed by atoms with Gasteiger partial charge in [0.2, 0.25) is 5.88 Å². The van der Waals surface area contributed by atoms with Crippen molar-refractivity contribution < 1.29 is 4.74 Å². The molecule has 0 aliphatic rings. The van der Waals surface area contributed by atoms with Crippen LogP contribution in [0.4, 0.5) is 0 Å². The molecule has 2 aromatic heterocycles. The maximum Gasteiger partial charge on any atom is 0.213 e. The van der Waals surface area contributed by atoms with E-state index in [-0.39, 0.29) is 0 Å². The fourth-order valence-corrected chi connectivity index (χ4v) is 1.92. The van der Waals surface area contributed by atoms with Gasteiger partial charge in [0.1, 0.15) is 0 Å². The molecule has 1 N–H and O–H groups in total. The Balaban J connectivity index is 2.13. The van der Waals surface area contributed by atoms with Crippen LogP contribution in [0.2, 0.25) is 0 Å². The van der Waals surface area contributed by atoms with Gasteiger partial charge in [0.25, 0.3) is 0 Å². The van der Waals surface area contributed by atoms with Gasteiger partial charge >= 0.3 is 0 Å². The molecule has 0 amide bonds. The van der Waals surface area contributed by atoms with Crippen LogP contribution in [0, 0.1) is 0 Å². The molecular formula is C14H12N2O. The summed E-state index contributed by atoms with van der Waals surface area (Å²) in [5.74, 6) is 0.626. The number of benzene rings is 1. The van der Waals surface area contributed by atoms with Crippen molar-refractivity contribution in [2.24, 2.45) is 0 Å². The Morgan fingerprint density at radius 2 is 2.00 bits per heavy atom. The molecule has 3 rings (SSSR count). The minimum atomic E-state index is 0.626. The Hall–Kier alpha value is -2.29. The van der Waals surface area contributed by atoms with Crippen molar-refractivity contribution in [1.82, 2.24) is 9.97 Å². The van der Waals surface area contributed by atoms with E-state index in [1.165, 1.54) is 5.39 Å². The molecule has 0 fully saturated rings. The summed E-state index contributed by atoms with van der Waals surface area (Å²) in [4.78, 5) is 7.48. The average molecular weight is 224 g/mol. The molecule has 0 unspecified atom stereocenters. The molecule has 3 heteroatoms. The van der Waals surface area contributed by atoms with Gasteiger partial charge in [-0.3, -0.25) is 0 Å². The minimum Gasteiger partial charge on any atom is -0.481 e. The Morgan fingerprint density at radius 1 is 1.12 bits per heavy atom. The minimum absolute atomic E-state index is 0.626. The summed E-state index contributed by atoms with van der Waals surface area (Å²) in [6.07, 6.45) is 1.75. The zero-order valence-corrected chi connectivity index (χ0v) is 9.47. The maximum atomic E-state index is 5.13. The molecule has 0 radical (unpaired) electrons. The molecular weight excluding hydrogens is 212 g/mol. The quantitative estimate of drug-likeness (QED) is 0.725. The monoisotopic (exact) mass is 224 g/mol. The SMILES string of the molecule is COc1cc(-c2cc3ccccc3[nH]2)ccn1. The van der Waals surface area contributed by atoms with E-state index < -0.39 is 0 Å². The number of aromatic nitrogens is 2. The number of nitrogens with one attached hydrogen (secondary N) is 1. The lowest BCUT2D eigenvalue weighted by Gasteiger charge is -2.00. The van der Waals surface area contributed by atoms with E-state index in [0.717, 1.165) is 16.8 Å². The first-order valence-corrected chi connectivity index (χ1v) is 5.45. The van der Waals surface area contributed by atoms with Gasteiger partial charge in [0, 0.05) is 34.4 Å². The largest absolute Gasteiger partial charge is 0.481 e. The number of hydrogen-bond donors (Lipinski definition) is 1. The van der Waals surface area contributed by atoms with Crippen molar-refractivity contribution in [3.63, 3.8) is 0 Å². The number of ether oxygens (including phenoxy) is 1. The first-order chi connectivity index (χ1) is 8.36. The molecule has 0 bridgehead atoms. The van der Waals surface area contributed by atoms with Gasteiger partial charge in [-0.25, -0.2) is 4.98 Å². The van der Waals surface area contributed by atoms with Crippen molar-refractivity contribution in [2.75, 3.05) is 7.11 Å². The van der Waals surface area contributed by atoms with Crippen molar-refractivity contribution in [2.45, 2.75) is 0 Å². The van der Waals surface area contributed by atoms with Crippen LogP contribution in [0.5, 0.6) is 5.88 Å². The summed E-state index contributed by atoms with van der Waals surface area (Å²) in [5.41, 5.74) is 3.29. The second kappa shape index (κ2) is 3.94. The Morgan fingerprint density at radius 3 is 2.82 bits per heavy atom. The van der Waals surface area contributed by atoms with E-state index in [0.29, 0.717) is 5.88 Å². The van der Waals surface area contributed by atoms with Crippen molar-refractivity contribution in [3.05, 3.63) is 48.7 Å². The number of fused-ring (bicyclic) bond motifs is 1. The van der Waals surface area contributed by atoms with Crippen LogP contribution in [-0.4, -0.2) is 17.1 Å². The van der Waals surface area contributed by atoms with Gasteiger partial charge < -0.3 is 9.72 Å². The average Bonchev–Trinajstić information content (AvgIpc) is 2.82. The molecule has 0 saturated heterocycles. The highest BCUT2D eigenvalue weighted by Crippen LogP contribution is 2.25. The standard InChI is InChI=1S/C14H12N2O/c1-17-14-9-11(6-7-15-14)13-8-10-4-2-3-5-12(10)16-13/h2-9,16H,1H3. The number of pyridine rings is 1. The second-order valence-electron chi connectivity index (χ2n) is 3.86. The van der Waals surface area contributed by atoms with E-state index in [9.17, 15) is 0 Å². The molecule has 2 heterocycles. The molecule has 0 spiro atoms. The normalized spacial score (nSPS) is 10.6. The van der Waals surface area contributed by atoms with Crippen LogP contribution in [-0.2, 0) is 0 Å². The molecule has 0 saturated carbocycles. The Labute approximate surface area is 99.1 Å². The Kier molecular flexibility index (Phi) is 2.29. The van der Waals surface area contributed by atoms with Crippen LogP contribution >= 0.6 is 0 Å². The lowest BCUT2D eigenvalue weighted by Crippen LogP contribution is -1.87. The zero-order chi connectivity index (χ0) is 11.7. The van der Waals surface area contributed by atoms with Crippen molar-refractivity contribution in [3.8, 4) is 17.1 Å². The number of rotatable bonds is 2. The van der Waals surface area contributed by atoms with Crippen LogP contribution < -0.4 is 4.74 Å². The smallest absolute Gasteiger partial charge is 0.213 e. The van der Waals surface area contributed by atoms with Gasteiger partial charge in [-0.05, 0) is 18.2 Å². The Bertz CT molecular complexity index is 625. The summed E-state index contributed by atoms with van der Waals surface area (Å²) >= 11 is 0. The predicted octanol–water partition coefficient (Wildman–Crippen LogP) is 3.24.